The Bertz CT molecular complexity index is 212. The Morgan fingerprint density at radius 2 is 1.92 bits per heavy atom. The van der Waals surface area contributed by atoms with Crippen molar-refractivity contribution >= 4 is 11.7 Å². The van der Waals surface area contributed by atoms with Crippen LogP contribution in [0.15, 0.2) is 9.98 Å². The minimum absolute atomic E-state index is 0.878. The highest BCUT2D eigenvalue weighted by atomic mass is 15.2. The maximum atomic E-state index is 4.49. The third kappa shape index (κ3) is 2.83. The number of rotatable bonds is 1. The smallest absolute Gasteiger partial charge is 0.121 e. The average molecular weight is 181 g/mol. The van der Waals surface area contributed by atoms with Crippen LogP contribution in [-0.2, 0) is 0 Å². The molecule has 1 aliphatic heterocycles. The third-order valence-corrected chi connectivity index (χ3v) is 2.40. The first-order valence-corrected chi connectivity index (χ1v) is 5.03. The Kier molecular flexibility index (Phi) is 3.93. The van der Waals surface area contributed by atoms with E-state index in [0.717, 1.165) is 12.3 Å². The van der Waals surface area contributed by atoms with E-state index in [1.54, 1.807) is 7.05 Å². The van der Waals surface area contributed by atoms with E-state index >= 15 is 0 Å². The zero-order chi connectivity index (χ0) is 9.68. The Balaban J connectivity index is 2.65. The largest absolute Gasteiger partial charge is 0.360 e. The molecule has 0 saturated carbocycles. The number of likely N-dealkylation sites (tertiary alicyclic amines) is 1. The molecule has 3 nitrogen and oxygen atoms in total. The molecular weight excluding hydrogens is 162 g/mol. The maximum Gasteiger partial charge on any atom is 0.121 e. The summed E-state index contributed by atoms with van der Waals surface area (Å²) in [5.41, 5.74) is 0. The molecule has 0 radical (unpaired) electrons. The molecule has 0 N–H and O–H groups in total. The lowest BCUT2D eigenvalue weighted by Gasteiger charge is -2.18. The van der Waals surface area contributed by atoms with Gasteiger partial charge < -0.3 is 4.90 Å². The van der Waals surface area contributed by atoms with Crippen LogP contribution in [0.2, 0.25) is 0 Å². The molecule has 0 aromatic carbocycles. The summed E-state index contributed by atoms with van der Waals surface area (Å²) in [6.45, 7) is 6.44. The van der Waals surface area contributed by atoms with Gasteiger partial charge in [0, 0.05) is 26.6 Å². The van der Waals surface area contributed by atoms with Gasteiger partial charge in [-0.25, -0.2) is 4.99 Å². The number of amidine groups is 2. The molecule has 74 valence electrons. The summed E-state index contributed by atoms with van der Waals surface area (Å²) in [5, 5.41) is 0. The second kappa shape index (κ2) is 5.00. The summed E-state index contributed by atoms with van der Waals surface area (Å²) in [4.78, 5) is 10.9. The summed E-state index contributed by atoms with van der Waals surface area (Å²) >= 11 is 0. The second-order valence-electron chi connectivity index (χ2n) is 3.35. The Morgan fingerprint density at radius 1 is 1.31 bits per heavy atom. The zero-order valence-electron chi connectivity index (χ0n) is 8.88. The van der Waals surface area contributed by atoms with E-state index in [1.165, 1.54) is 31.8 Å². The molecule has 0 atom stereocenters. The summed E-state index contributed by atoms with van der Waals surface area (Å²) in [6.07, 6.45) is 3.62. The molecule has 0 aliphatic carbocycles. The molecule has 13 heavy (non-hydrogen) atoms. The lowest BCUT2D eigenvalue weighted by Crippen LogP contribution is -2.27. The van der Waals surface area contributed by atoms with Crippen molar-refractivity contribution in [1.82, 2.24) is 4.90 Å². The van der Waals surface area contributed by atoms with Crippen LogP contribution in [0, 0.1) is 0 Å². The van der Waals surface area contributed by atoms with Gasteiger partial charge >= 0.3 is 0 Å². The van der Waals surface area contributed by atoms with Gasteiger partial charge in [-0.05, 0) is 19.8 Å². The zero-order valence-corrected chi connectivity index (χ0v) is 8.88. The van der Waals surface area contributed by atoms with Crippen molar-refractivity contribution in [3.8, 4) is 0 Å². The third-order valence-electron chi connectivity index (χ3n) is 2.40. The van der Waals surface area contributed by atoms with E-state index in [-0.39, 0.29) is 0 Å². The maximum absolute atomic E-state index is 4.49. The molecule has 0 bridgehead atoms. The van der Waals surface area contributed by atoms with Gasteiger partial charge in [-0.1, -0.05) is 6.92 Å². The number of aliphatic imine (C=N–C) groups is 2. The minimum atomic E-state index is 0.878. The number of nitrogens with zero attached hydrogens (tertiary/aromatic N) is 3. The molecule has 0 aromatic heterocycles. The lowest BCUT2D eigenvalue weighted by atomic mass is 10.4. The Morgan fingerprint density at radius 3 is 2.38 bits per heavy atom. The Labute approximate surface area is 80.6 Å². The normalized spacial score (nSPS) is 19.8. The first-order valence-electron chi connectivity index (χ1n) is 5.03. The van der Waals surface area contributed by atoms with Gasteiger partial charge in [0.25, 0.3) is 0 Å². The van der Waals surface area contributed by atoms with Crippen LogP contribution in [0.25, 0.3) is 0 Å². The van der Waals surface area contributed by atoms with E-state index in [2.05, 4.69) is 21.8 Å². The molecule has 3 heteroatoms. The molecule has 0 aromatic rings. The summed E-state index contributed by atoms with van der Waals surface area (Å²) in [5.74, 6) is 2.07. The van der Waals surface area contributed by atoms with Gasteiger partial charge in [-0.3, -0.25) is 4.99 Å². The van der Waals surface area contributed by atoms with Crippen LogP contribution in [0.3, 0.4) is 0 Å². The first-order chi connectivity index (χ1) is 6.27. The van der Waals surface area contributed by atoms with E-state index in [4.69, 9.17) is 0 Å². The second-order valence-corrected chi connectivity index (χ2v) is 3.35. The molecule has 1 rings (SSSR count). The molecule has 1 fully saturated rings. The van der Waals surface area contributed by atoms with Crippen LogP contribution < -0.4 is 0 Å². The van der Waals surface area contributed by atoms with Crippen molar-refractivity contribution in [3.63, 3.8) is 0 Å². The average Bonchev–Trinajstić information content (AvgIpc) is 2.66. The van der Waals surface area contributed by atoms with Gasteiger partial charge in [0.1, 0.15) is 11.7 Å². The van der Waals surface area contributed by atoms with Crippen molar-refractivity contribution in [1.29, 1.82) is 0 Å². The standard InChI is InChI=1S/C10H19N3/c1-4-10(12-9(2)11-3)13-7-5-6-8-13/h4-8H2,1-3H3. The predicted octanol–water partition coefficient (Wildman–Crippen LogP) is 1.94. The van der Waals surface area contributed by atoms with Crippen LogP contribution in [-0.4, -0.2) is 36.7 Å². The molecular formula is C10H19N3. The number of hydrogen-bond acceptors (Lipinski definition) is 1. The predicted molar refractivity (Wildman–Crippen MR) is 57.6 cm³/mol. The van der Waals surface area contributed by atoms with E-state index < -0.39 is 0 Å². The fourth-order valence-corrected chi connectivity index (χ4v) is 1.59. The van der Waals surface area contributed by atoms with Crippen LogP contribution in [0.1, 0.15) is 33.1 Å². The quantitative estimate of drug-likeness (QED) is 0.449. The molecule has 0 unspecified atom stereocenters. The summed E-state index contributed by atoms with van der Waals surface area (Å²) in [6, 6.07) is 0. The van der Waals surface area contributed by atoms with Crippen LogP contribution >= 0.6 is 0 Å². The highest BCUT2D eigenvalue weighted by molar-refractivity contribution is 5.95. The Hall–Kier alpha value is -0.860. The lowest BCUT2D eigenvalue weighted by molar-refractivity contribution is 0.509. The first kappa shape index (κ1) is 10.2. The van der Waals surface area contributed by atoms with Crippen molar-refractivity contribution in [2.24, 2.45) is 9.98 Å². The monoisotopic (exact) mass is 181 g/mol. The molecule has 0 amide bonds. The van der Waals surface area contributed by atoms with Gasteiger partial charge in [-0.2, -0.15) is 0 Å². The van der Waals surface area contributed by atoms with Gasteiger partial charge in [0.15, 0.2) is 0 Å². The van der Waals surface area contributed by atoms with Crippen LogP contribution in [0.4, 0.5) is 0 Å². The summed E-state index contributed by atoms with van der Waals surface area (Å²) in [7, 11) is 1.79. The molecule has 1 saturated heterocycles. The van der Waals surface area contributed by atoms with Crippen molar-refractivity contribution in [3.05, 3.63) is 0 Å². The van der Waals surface area contributed by atoms with Gasteiger partial charge in [0.05, 0.1) is 0 Å². The molecule has 1 aliphatic rings. The van der Waals surface area contributed by atoms with E-state index in [1.807, 2.05) is 6.92 Å². The summed E-state index contributed by atoms with van der Waals surface area (Å²) < 4.78 is 0. The van der Waals surface area contributed by atoms with Gasteiger partial charge in [0.2, 0.25) is 0 Å². The van der Waals surface area contributed by atoms with Crippen molar-refractivity contribution < 1.29 is 0 Å². The fraction of sp³-hybridized carbons (Fsp3) is 0.800. The van der Waals surface area contributed by atoms with E-state index in [9.17, 15) is 0 Å². The topological polar surface area (TPSA) is 28.0 Å². The fourth-order valence-electron chi connectivity index (χ4n) is 1.59. The van der Waals surface area contributed by atoms with Gasteiger partial charge in [-0.15, -0.1) is 0 Å². The van der Waals surface area contributed by atoms with Crippen molar-refractivity contribution in [2.75, 3.05) is 20.1 Å². The van der Waals surface area contributed by atoms with E-state index in [0.29, 0.717) is 0 Å². The highest BCUT2D eigenvalue weighted by Gasteiger charge is 2.14. The molecule has 1 heterocycles. The number of hydrogen-bond donors (Lipinski definition) is 0. The van der Waals surface area contributed by atoms with Crippen molar-refractivity contribution in [2.45, 2.75) is 33.1 Å². The minimum Gasteiger partial charge on any atom is -0.360 e. The SMILES string of the molecule is CCC(=NC(C)=NC)N1CCCC1. The highest BCUT2D eigenvalue weighted by Crippen LogP contribution is 2.10. The van der Waals surface area contributed by atoms with Crippen LogP contribution in [0.5, 0.6) is 0 Å². The molecule has 0 spiro atoms.